The lowest BCUT2D eigenvalue weighted by Gasteiger charge is -2.22. The van der Waals surface area contributed by atoms with Crippen LogP contribution in [0, 0.1) is 0 Å². The van der Waals surface area contributed by atoms with Gasteiger partial charge in [-0.3, -0.25) is 0 Å². The van der Waals surface area contributed by atoms with Crippen molar-refractivity contribution in [2.24, 2.45) is 0 Å². The molecular weight excluding hydrogens is 258 g/mol. The number of aliphatic hydroxyl groups is 1. The standard InChI is InChI=1S/C16H16ClNO/c17-14-8-6-12(7-9-14)15-10-16(19,11-18-15)13-4-2-1-3-5-13/h1-9,15,18-19H,10-11H2/t15-,16+/m1/s1. The lowest BCUT2D eigenvalue weighted by molar-refractivity contribution is 0.0559. The summed E-state index contributed by atoms with van der Waals surface area (Å²) in [6, 6.07) is 17.8. The summed E-state index contributed by atoms with van der Waals surface area (Å²) in [5.41, 5.74) is 1.35. The summed E-state index contributed by atoms with van der Waals surface area (Å²) in [5.74, 6) is 0. The Balaban J connectivity index is 1.82. The molecule has 0 aliphatic carbocycles. The molecule has 3 heteroatoms. The van der Waals surface area contributed by atoms with Crippen molar-refractivity contribution < 1.29 is 5.11 Å². The van der Waals surface area contributed by atoms with Crippen molar-refractivity contribution in [3.05, 3.63) is 70.7 Å². The highest BCUT2D eigenvalue weighted by Gasteiger charge is 2.38. The molecule has 0 unspecified atom stereocenters. The number of nitrogens with one attached hydrogen (secondary N) is 1. The summed E-state index contributed by atoms with van der Waals surface area (Å²) >= 11 is 5.90. The molecule has 1 fully saturated rings. The number of rotatable bonds is 2. The summed E-state index contributed by atoms with van der Waals surface area (Å²) in [4.78, 5) is 0. The third kappa shape index (κ3) is 2.52. The van der Waals surface area contributed by atoms with Gasteiger partial charge in [-0.05, 0) is 23.3 Å². The minimum atomic E-state index is -0.786. The fourth-order valence-electron chi connectivity index (χ4n) is 2.67. The van der Waals surface area contributed by atoms with E-state index in [2.05, 4.69) is 5.32 Å². The molecule has 1 aliphatic heterocycles. The zero-order valence-corrected chi connectivity index (χ0v) is 11.3. The molecule has 1 saturated heterocycles. The van der Waals surface area contributed by atoms with Crippen molar-refractivity contribution in [3.8, 4) is 0 Å². The van der Waals surface area contributed by atoms with Gasteiger partial charge in [-0.15, -0.1) is 0 Å². The van der Waals surface area contributed by atoms with Crippen molar-refractivity contribution >= 4 is 11.6 Å². The molecule has 0 amide bonds. The maximum absolute atomic E-state index is 10.8. The maximum atomic E-state index is 10.8. The Morgan fingerprint density at radius 2 is 1.74 bits per heavy atom. The third-order valence-electron chi connectivity index (χ3n) is 3.77. The molecule has 3 rings (SSSR count). The highest BCUT2D eigenvalue weighted by Crippen LogP contribution is 2.37. The zero-order valence-electron chi connectivity index (χ0n) is 10.5. The van der Waals surface area contributed by atoms with Gasteiger partial charge in [-0.25, -0.2) is 0 Å². The number of β-amino-alcohol motifs (C(OH)–C–C–N with tert-alkyl or cyclic N) is 1. The Hall–Kier alpha value is -1.35. The Bertz CT molecular complexity index is 555. The van der Waals surface area contributed by atoms with E-state index in [9.17, 15) is 5.11 Å². The first-order valence-corrected chi connectivity index (χ1v) is 6.82. The molecule has 0 radical (unpaired) electrons. The van der Waals surface area contributed by atoms with E-state index in [4.69, 9.17) is 11.6 Å². The van der Waals surface area contributed by atoms with Gasteiger partial charge < -0.3 is 10.4 Å². The number of benzene rings is 2. The van der Waals surface area contributed by atoms with Gasteiger partial charge in [0.25, 0.3) is 0 Å². The molecule has 0 saturated carbocycles. The molecular formula is C16H16ClNO. The summed E-state index contributed by atoms with van der Waals surface area (Å²) in [7, 11) is 0. The van der Waals surface area contributed by atoms with Crippen LogP contribution in [0.5, 0.6) is 0 Å². The van der Waals surface area contributed by atoms with Gasteiger partial charge in [0.15, 0.2) is 0 Å². The molecule has 0 spiro atoms. The molecule has 0 aromatic heterocycles. The molecule has 19 heavy (non-hydrogen) atoms. The third-order valence-corrected chi connectivity index (χ3v) is 4.02. The number of halogens is 1. The summed E-state index contributed by atoms with van der Waals surface area (Å²) in [5, 5.41) is 14.9. The van der Waals surface area contributed by atoms with Crippen molar-refractivity contribution in [3.63, 3.8) is 0 Å². The highest BCUT2D eigenvalue weighted by molar-refractivity contribution is 6.30. The Labute approximate surface area is 118 Å². The van der Waals surface area contributed by atoms with Crippen LogP contribution < -0.4 is 5.32 Å². The van der Waals surface area contributed by atoms with Gasteiger partial charge >= 0.3 is 0 Å². The average molecular weight is 274 g/mol. The molecule has 2 nitrogen and oxygen atoms in total. The van der Waals surface area contributed by atoms with E-state index < -0.39 is 5.60 Å². The summed E-state index contributed by atoms with van der Waals surface area (Å²) in [6.45, 7) is 0.574. The molecule has 2 N–H and O–H groups in total. The first kappa shape index (κ1) is 12.7. The quantitative estimate of drug-likeness (QED) is 0.880. The Kier molecular flexibility index (Phi) is 3.31. The van der Waals surface area contributed by atoms with Crippen LogP contribution in [0.15, 0.2) is 54.6 Å². The van der Waals surface area contributed by atoms with Crippen molar-refractivity contribution in [2.75, 3.05) is 6.54 Å². The van der Waals surface area contributed by atoms with Gasteiger partial charge in [0, 0.05) is 24.0 Å². The van der Waals surface area contributed by atoms with Crippen molar-refractivity contribution in [1.82, 2.24) is 5.32 Å². The lowest BCUT2D eigenvalue weighted by atomic mass is 9.89. The van der Waals surface area contributed by atoms with Gasteiger partial charge in [-0.2, -0.15) is 0 Å². The van der Waals surface area contributed by atoms with E-state index in [1.54, 1.807) is 0 Å². The van der Waals surface area contributed by atoms with Crippen LogP contribution >= 0.6 is 11.6 Å². The van der Waals surface area contributed by atoms with E-state index in [1.165, 1.54) is 0 Å². The topological polar surface area (TPSA) is 32.3 Å². The zero-order chi connectivity index (χ0) is 13.3. The summed E-state index contributed by atoms with van der Waals surface area (Å²) in [6.07, 6.45) is 0.679. The van der Waals surface area contributed by atoms with Crippen LogP contribution in [-0.2, 0) is 5.60 Å². The van der Waals surface area contributed by atoms with Crippen LogP contribution in [0.4, 0.5) is 0 Å². The normalized spacial score (nSPS) is 26.5. The van der Waals surface area contributed by atoms with Gasteiger partial charge in [-0.1, -0.05) is 54.1 Å². The van der Waals surface area contributed by atoms with Crippen LogP contribution in [-0.4, -0.2) is 11.7 Å². The number of hydrogen-bond acceptors (Lipinski definition) is 2. The van der Waals surface area contributed by atoms with Gasteiger partial charge in [0.2, 0.25) is 0 Å². The SMILES string of the molecule is O[C@]1(c2ccccc2)CN[C@@H](c2ccc(Cl)cc2)C1. The predicted octanol–water partition coefficient (Wildman–Crippen LogP) is 3.26. The largest absolute Gasteiger partial charge is 0.384 e. The monoisotopic (exact) mass is 273 g/mol. The fourth-order valence-corrected chi connectivity index (χ4v) is 2.80. The van der Waals surface area contributed by atoms with Crippen molar-refractivity contribution in [2.45, 2.75) is 18.1 Å². The van der Waals surface area contributed by atoms with Crippen LogP contribution in [0.25, 0.3) is 0 Å². The lowest BCUT2D eigenvalue weighted by Crippen LogP contribution is -2.28. The molecule has 2 aromatic carbocycles. The van der Waals surface area contributed by atoms with E-state index in [-0.39, 0.29) is 6.04 Å². The molecule has 98 valence electrons. The van der Waals surface area contributed by atoms with E-state index in [1.807, 2.05) is 54.6 Å². The first-order chi connectivity index (χ1) is 9.17. The van der Waals surface area contributed by atoms with Gasteiger partial charge in [0.1, 0.15) is 5.60 Å². The van der Waals surface area contributed by atoms with Crippen LogP contribution in [0.2, 0.25) is 5.02 Å². The van der Waals surface area contributed by atoms with E-state index >= 15 is 0 Å². The average Bonchev–Trinajstić information content (AvgIpc) is 2.85. The smallest absolute Gasteiger partial charge is 0.104 e. The molecule has 1 heterocycles. The number of hydrogen-bond donors (Lipinski definition) is 2. The summed E-state index contributed by atoms with van der Waals surface area (Å²) < 4.78 is 0. The molecule has 0 bridgehead atoms. The van der Waals surface area contributed by atoms with Crippen LogP contribution in [0.3, 0.4) is 0 Å². The second-order valence-corrected chi connectivity index (χ2v) is 5.52. The second kappa shape index (κ2) is 4.97. The van der Waals surface area contributed by atoms with E-state index in [0.717, 1.165) is 16.1 Å². The second-order valence-electron chi connectivity index (χ2n) is 5.09. The Morgan fingerprint density at radius 3 is 2.42 bits per heavy atom. The van der Waals surface area contributed by atoms with E-state index in [0.29, 0.717) is 13.0 Å². The van der Waals surface area contributed by atoms with Gasteiger partial charge in [0.05, 0.1) is 0 Å². The first-order valence-electron chi connectivity index (χ1n) is 6.44. The minimum absolute atomic E-state index is 0.169. The Morgan fingerprint density at radius 1 is 1.05 bits per heavy atom. The molecule has 2 atom stereocenters. The van der Waals surface area contributed by atoms with Crippen LogP contribution in [0.1, 0.15) is 23.6 Å². The fraction of sp³-hybridized carbons (Fsp3) is 0.250. The molecule has 2 aromatic rings. The maximum Gasteiger partial charge on any atom is 0.104 e. The minimum Gasteiger partial charge on any atom is -0.384 e. The molecule has 1 aliphatic rings. The predicted molar refractivity (Wildman–Crippen MR) is 77.2 cm³/mol. The van der Waals surface area contributed by atoms with Crippen molar-refractivity contribution in [1.29, 1.82) is 0 Å². The highest BCUT2D eigenvalue weighted by atomic mass is 35.5.